The van der Waals surface area contributed by atoms with Gasteiger partial charge in [0.1, 0.15) is 0 Å². The lowest BCUT2D eigenvalue weighted by Gasteiger charge is -2.36. The Morgan fingerprint density at radius 1 is 1.33 bits per heavy atom. The van der Waals surface area contributed by atoms with Crippen LogP contribution in [0.4, 0.5) is 11.4 Å². The Morgan fingerprint density at radius 2 is 2.06 bits per heavy atom. The Labute approximate surface area is 108 Å². The minimum Gasteiger partial charge on any atom is -0.397 e. The molecule has 0 bridgehead atoms. The van der Waals surface area contributed by atoms with Crippen molar-refractivity contribution in [2.24, 2.45) is 5.14 Å². The van der Waals surface area contributed by atoms with Gasteiger partial charge in [0, 0.05) is 12.6 Å². The predicted molar refractivity (Wildman–Crippen MR) is 72.9 cm³/mol. The highest BCUT2D eigenvalue weighted by Crippen LogP contribution is 2.30. The van der Waals surface area contributed by atoms with Crippen LogP contribution < -0.4 is 15.8 Å². The molecule has 0 aromatic heterocycles. The Morgan fingerprint density at radius 3 is 2.61 bits per heavy atom. The summed E-state index contributed by atoms with van der Waals surface area (Å²) in [6.07, 6.45) is 3.50. The molecule has 1 heterocycles. The average molecular weight is 269 g/mol. The molecular formula is C12H19N3O2S. The molecule has 1 aliphatic rings. The van der Waals surface area contributed by atoms with Gasteiger partial charge in [0.25, 0.3) is 0 Å². The Balaban J connectivity index is 2.35. The maximum atomic E-state index is 11.2. The summed E-state index contributed by atoms with van der Waals surface area (Å²) in [5.74, 6) is 0. The molecule has 5 nitrogen and oxygen atoms in total. The molecule has 1 aromatic carbocycles. The zero-order chi connectivity index (χ0) is 13.3. The molecule has 100 valence electrons. The molecular weight excluding hydrogens is 250 g/mol. The molecule has 0 spiro atoms. The van der Waals surface area contributed by atoms with Crippen LogP contribution in [0, 0.1) is 0 Å². The van der Waals surface area contributed by atoms with Crippen molar-refractivity contribution in [2.75, 3.05) is 17.2 Å². The fourth-order valence-corrected chi connectivity index (χ4v) is 2.98. The lowest BCUT2D eigenvalue weighted by Crippen LogP contribution is -2.37. The number of hydrogen-bond acceptors (Lipinski definition) is 4. The van der Waals surface area contributed by atoms with Crippen molar-refractivity contribution in [1.82, 2.24) is 0 Å². The van der Waals surface area contributed by atoms with Gasteiger partial charge in [-0.25, -0.2) is 13.6 Å². The number of nitrogen functional groups attached to an aromatic ring is 1. The van der Waals surface area contributed by atoms with Crippen molar-refractivity contribution in [1.29, 1.82) is 0 Å². The normalized spacial score (nSPS) is 21.0. The van der Waals surface area contributed by atoms with E-state index >= 15 is 0 Å². The van der Waals surface area contributed by atoms with E-state index in [9.17, 15) is 8.42 Å². The first-order valence-electron chi connectivity index (χ1n) is 6.08. The second-order valence-corrected chi connectivity index (χ2v) is 6.37. The fraction of sp³-hybridized carbons (Fsp3) is 0.500. The van der Waals surface area contributed by atoms with Crippen LogP contribution in [-0.2, 0) is 10.0 Å². The summed E-state index contributed by atoms with van der Waals surface area (Å²) in [5, 5.41) is 5.08. The van der Waals surface area contributed by atoms with Crippen molar-refractivity contribution in [3.63, 3.8) is 0 Å². The van der Waals surface area contributed by atoms with E-state index in [1.54, 1.807) is 6.07 Å². The monoisotopic (exact) mass is 269 g/mol. The predicted octanol–water partition coefficient (Wildman–Crippen LogP) is 1.30. The van der Waals surface area contributed by atoms with Gasteiger partial charge in [-0.15, -0.1) is 0 Å². The Bertz CT molecular complexity index is 542. The SMILES string of the molecule is CC1CCCCN1c1ccc(S(N)(=O)=O)cc1N. The number of piperidine rings is 1. The number of sulfonamides is 1. The van der Waals surface area contributed by atoms with Crippen molar-refractivity contribution in [3.8, 4) is 0 Å². The van der Waals surface area contributed by atoms with Gasteiger partial charge in [-0.1, -0.05) is 0 Å². The maximum absolute atomic E-state index is 11.2. The second-order valence-electron chi connectivity index (χ2n) is 4.80. The van der Waals surface area contributed by atoms with Crippen LogP contribution in [0.1, 0.15) is 26.2 Å². The number of primary sulfonamides is 1. The van der Waals surface area contributed by atoms with Crippen molar-refractivity contribution in [2.45, 2.75) is 37.1 Å². The number of hydrogen-bond donors (Lipinski definition) is 2. The summed E-state index contributed by atoms with van der Waals surface area (Å²) >= 11 is 0. The van der Waals surface area contributed by atoms with Gasteiger partial charge in [-0.3, -0.25) is 0 Å². The maximum Gasteiger partial charge on any atom is 0.238 e. The number of nitrogens with zero attached hydrogens (tertiary/aromatic N) is 1. The van der Waals surface area contributed by atoms with Crippen LogP contribution in [0.5, 0.6) is 0 Å². The van der Waals surface area contributed by atoms with Gasteiger partial charge >= 0.3 is 0 Å². The summed E-state index contributed by atoms with van der Waals surface area (Å²) < 4.78 is 22.5. The van der Waals surface area contributed by atoms with Gasteiger partial charge < -0.3 is 10.6 Å². The van der Waals surface area contributed by atoms with Crippen molar-refractivity contribution >= 4 is 21.4 Å². The summed E-state index contributed by atoms with van der Waals surface area (Å²) in [7, 11) is -3.68. The number of anilines is 2. The van der Waals surface area contributed by atoms with Crippen LogP contribution >= 0.6 is 0 Å². The number of rotatable bonds is 2. The second kappa shape index (κ2) is 4.78. The van der Waals surface area contributed by atoms with Crippen LogP contribution in [0.25, 0.3) is 0 Å². The molecule has 1 fully saturated rings. The van der Waals surface area contributed by atoms with E-state index in [4.69, 9.17) is 10.9 Å². The molecule has 2 rings (SSSR count). The zero-order valence-electron chi connectivity index (χ0n) is 10.5. The quantitative estimate of drug-likeness (QED) is 0.792. The van der Waals surface area contributed by atoms with E-state index < -0.39 is 10.0 Å². The molecule has 1 saturated heterocycles. The van der Waals surface area contributed by atoms with E-state index in [1.165, 1.54) is 18.6 Å². The largest absolute Gasteiger partial charge is 0.397 e. The highest BCUT2D eigenvalue weighted by molar-refractivity contribution is 7.89. The minimum absolute atomic E-state index is 0.0633. The Hall–Kier alpha value is -1.27. The van der Waals surface area contributed by atoms with Gasteiger partial charge in [0.05, 0.1) is 16.3 Å². The van der Waals surface area contributed by atoms with Crippen molar-refractivity contribution < 1.29 is 8.42 Å². The first kappa shape index (κ1) is 13.2. The Kier molecular flexibility index (Phi) is 3.49. The topological polar surface area (TPSA) is 89.4 Å². The van der Waals surface area contributed by atoms with E-state index in [2.05, 4.69) is 11.8 Å². The molecule has 0 aliphatic carbocycles. The first-order chi connectivity index (χ1) is 8.39. The number of benzene rings is 1. The molecule has 1 aromatic rings. The minimum atomic E-state index is -3.68. The lowest BCUT2D eigenvalue weighted by atomic mass is 10.0. The summed E-state index contributed by atoms with van der Waals surface area (Å²) in [6, 6.07) is 5.13. The van der Waals surface area contributed by atoms with E-state index in [0.29, 0.717) is 11.7 Å². The first-order valence-corrected chi connectivity index (χ1v) is 7.63. The number of nitrogens with two attached hydrogens (primary N) is 2. The molecule has 1 atom stereocenters. The highest BCUT2D eigenvalue weighted by Gasteiger charge is 2.21. The van der Waals surface area contributed by atoms with E-state index in [-0.39, 0.29) is 4.90 Å². The molecule has 1 unspecified atom stereocenters. The van der Waals surface area contributed by atoms with Gasteiger partial charge in [-0.2, -0.15) is 0 Å². The fourth-order valence-electron chi connectivity index (χ4n) is 2.43. The standard InChI is InChI=1S/C12H19N3O2S/c1-9-4-2-3-7-15(9)12-6-5-10(8-11(12)13)18(14,16)17/h5-6,8-9H,2-4,7,13H2,1H3,(H2,14,16,17). The third-order valence-electron chi connectivity index (χ3n) is 3.44. The van der Waals surface area contributed by atoms with Crippen LogP contribution in [0.15, 0.2) is 23.1 Å². The zero-order valence-corrected chi connectivity index (χ0v) is 11.3. The smallest absolute Gasteiger partial charge is 0.238 e. The molecule has 0 saturated carbocycles. The molecule has 1 aliphatic heterocycles. The molecule has 18 heavy (non-hydrogen) atoms. The molecule has 6 heteroatoms. The van der Waals surface area contributed by atoms with Crippen LogP contribution in [0.3, 0.4) is 0 Å². The lowest BCUT2D eigenvalue weighted by molar-refractivity contribution is 0.485. The molecule has 0 amide bonds. The molecule has 4 N–H and O–H groups in total. The van der Waals surface area contributed by atoms with Crippen LogP contribution in [0.2, 0.25) is 0 Å². The van der Waals surface area contributed by atoms with Gasteiger partial charge in [-0.05, 0) is 44.4 Å². The van der Waals surface area contributed by atoms with E-state index in [1.807, 2.05) is 0 Å². The van der Waals surface area contributed by atoms with Gasteiger partial charge in [0.2, 0.25) is 10.0 Å². The summed E-state index contributed by atoms with van der Waals surface area (Å²) in [5.41, 5.74) is 7.32. The van der Waals surface area contributed by atoms with Crippen LogP contribution in [-0.4, -0.2) is 21.0 Å². The van der Waals surface area contributed by atoms with E-state index in [0.717, 1.165) is 25.1 Å². The summed E-state index contributed by atoms with van der Waals surface area (Å²) in [4.78, 5) is 2.29. The third kappa shape index (κ3) is 2.59. The third-order valence-corrected chi connectivity index (χ3v) is 4.35. The summed E-state index contributed by atoms with van der Waals surface area (Å²) in [6.45, 7) is 3.12. The highest BCUT2D eigenvalue weighted by atomic mass is 32.2. The average Bonchev–Trinajstić information content (AvgIpc) is 2.29. The van der Waals surface area contributed by atoms with Gasteiger partial charge in [0.15, 0.2) is 0 Å². The molecule has 0 radical (unpaired) electrons. The van der Waals surface area contributed by atoms with Crippen molar-refractivity contribution in [3.05, 3.63) is 18.2 Å².